The van der Waals surface area contributed by atoms with E-state index < -0.39 is 0 Å². The minimum atomic E-state index is -0.0451. The van der Waals surface area contributed by atoms with Crippen molar-refractivity contribution in [3.8, 4) is 17.1 Å². The van der Waals surface area contributed by atoms with E-state index >= 15 is 0 Å². The molecule has 130 valence electrons. The largest absolute Gasteiger partial charge is 0.497 e. The second-order valence-electron chi connectivity index (χ2n) is 5.94. The van der Waals surface area contributed by atoms with Crippen molar-refractivity contribution in [1.29, 1.82) is 0 Å². The number of halogens is 1. The summed E-state index contributed by atoms with van der Waals surface area (Å²) in [5.74, 6) is 1.27. The minimum absolute atomic E-state index is 0.0451. The van der Waals surface area contributed by atoms with Crippen LogP contribution in [-0.4, -0.2) is 16.7 Å². The Balaban J connectivity index is 2.41. The highest BCUT2D eigenvalue weighted by molar-refractivity contribution is 6.33. The molecule has 0 radical (unpaired) electrons. The molecule has 5 heteroatoms. The molecule has 1 aromatic heterocycles. The van der Waals surface area contributed by atoms with Crippen LogP contribution in [-0.2, 0) is 0 Å². The highest BCUT2D eigenvalue weighted by atomic mass is 35.5. The molecule has 3 rings (SSSR count). The van der Waals surface area contributed by atoms with E-state index in [4.69, 9.17) is 21.3 Å². The number of ether oxygens (including phenoxy) is 1. The monoisotopic (exact) mass is 356 g/mol. The Bertz CT molecular complexity index is 962. The molecule has 0 bridgehead atoms. The molecule has 0 saturated heterocycles. The van der Waals surface area contributed by atoms with Crippen molar-refractivity contribution in [2.75, 3.05) is 7.11 Å². The highest BCUT2D eigenvalue weighted by Gasteiger charge is 2.19. The van der Waals surface area contributed by atoms with Gasteiger partial charge in [-0.3, -0.25) is 9.36 Å². The van der Waals surface area contributed by atoms with Gasteiger partial charge >= 0.3 is 0 Å². The Morgan fingerprint density at radius 1 is 1.16 bits per heavy atom. The maximum Gasteiger partial charge on any atom is 0.261 e. The SMILES string of the molecule is CCC(CC)n1c(-c2ccccc2Cl)nc2cc(OC)ccc2c1=O. The predicted molar refractivity (Wildman–Crippen MR) is 103 cm³/mol. The van der Waals surface area contributed by atoms with Crippen molar-refractivity contribution in [3.05, 3.63) is 57.8 Å². The van der Waals surface area contributed by atoms with E-state index in [1.54, 1.807) is 29.9 Å². The fraction of sp³-hybridized carbons (Fsp3) is 0.300. The van der Waals surface area contributed by atoms with Crippen molar-refractivity contribution in [3.63, 3.8) is 0 Å². The molecule has 0 unspecified atom stereocenters. The topological polar surface area (TPSA) is 44.1 Å². The summed E-state index contributed by atoms with van der Waals surface area (Å²) in [4.78, 5) is 18.0. The molecule has 0 aliphatic rings. The zero-order chi connectivity index (χ0) is 18.0. The Kier molecular flexibility index (Phi) is 5.09. The van der Waals surface area contributed by atoms with Gasteiger partial charge in [0.15, 0.2) is 0 Å². The molecule has 25 heavy (non-hydrogen) atoms. The maximum atomic E-state index is 13.2. The van der Waals surface area contributed by atoms with Crippen LogP contribution < -0.4 is 10.3 Å². The first-order valence-corrected chi connectivity index (χ1v) is 8.83. The third kappa shape index (κ3) is 3.14. The Morgan fingerprint density at radius 2 is 1.88 bits per heavy atom. The first-order valence-electron chi connectivity index (χ1n) is 8.45. The lowest BCUT2D eigenvalue weighted by atomic mass is 10.1. The smallest absolute Gasteiger partial charge is 0.261 e. The summed E-state index contributed by atoms with van der Waals surface area (Å²) in [6.45, 7) is 4.16. The summed E-state index contributed by atoms with van der Waals surface area (Å²) in [6, 6.07) is 12.9. The van der Waals surface area contributed by atoms with Gasteiger partial charge in [0.2, 0.25) is 0 Å². The zero-order valence-corrected chi connectivity index (χ0v) is 15.4. The number of methoxy groups -OCH3 is 1. The van der Waals surface area contributed by atoms with Gasteiger partial charge in [0.05, 0.1) is 23.0 Å². The van der Waals surface area contributed by atoms with E-state index in [0.717, 1.165) is 18.4 Å². The molecule has 0 aliphatic heterocycles. The molecule has 1 heterocycles. The number of hydrogen-bond acceptors (Lipinski definition) is 3. The summed E-state index contributed by atoms with van der Waals surface area (Å²) in [5, 5.41) is 1.17. The van der Waals surface area contributed by atoms with Gasteiger partial charge in [-0.05, 0) is 37.1 Å². The molecule has 0 atom stereocenters. The summed E-state index contributed by atoms with van der Waals surface area (Å²) in [6.07, 6.45) is 1.69. The number of fused-ring (bicyclic) bond motifs is 1. The summed E-state index contributed by atoms with van der Waals surface area (Å²) < 4.78 is 7.06. The van der Waals surface area contributed by atoms with Crippen LogP contribution >= 0.6 is 11.6 Å². The van der Waals surface area contributed by atoms with E-state index in [1.165, 1.54) is 0 Å². The van der Waals surface area contributed by atoms with E-state index in [1.807, 2.05) is 24.3 Å². The molecule has 0 spiro atoms. The second kappa shape index (κ2) is 7.28. The predicted octanol–water partition coefficient (Wildman–Crippen LogP) is 5.09. The molecule has 3 aromatic rings. The van der Waals surface area contributed by atoms with E-state index in [9.17, 15) is 4.79 Å². The number of rotatable bonds is 5. The molecule has 0 aliphatic carbocycles. The van der Waals surface area contributed by atoms with Crippen LogP contribution in [0.25, 0.3) is 22.3 Å². The fourth-order valence-electron chi connectivity index (χ4n) is 3.13. The normalized spacial score (nSPS) is 11.2. The second-order valence-corrected chi connectivity index (χ2v) is 6.35. The lowest BCUT2D eigenvalue weighted by molar-refractivity contribution is 0.415. The number of aromatic nitrogens is 2. The zero-order valence-electron chi connectivity index (χ0n) is 14.6. The van der Waals surface area contributed by atoms with Crippen LogP contribution in [0, 0.1) is 0 Å². The number of hydrogen-bond donors (Lipinski definition) is 0. The first kappa shape index (κ1) is 17.5. The van der Waals surface area contributed by atoms with Crippen molar-refractivity contribution in [2.24, 2.45) is 0 Å². The highest BCUT2D eigenvalue weighted by Crippen LogP contribution is 2.30. The van der Waals surface area contributed by atoms with Crippen molar-refractivity contribution < 1.29 is 4.74 Å². The molecular formula is C20H21ClN2O2. The molecule has 2 aromatic carbocycles. The molecule has 0 fully saturated rings. The standard InChI is InChI=1S/C20H21ClN2O2/c1-4-13(5-2)23-19(15-8-6-7-9-17(15)21)22-18-12-14(25-3)10-11-16(18)20(23)24/h6-13H,4-5H2,1-3H3. The average molecular weight is 357 g/mol. The molecule has 0 amide bonds. The lowest BCUT2D eigenvalue weighted by Gasteiger charge is -2.21. The van der Waals surface area contributed by atoms with Crippen molar-refractivity contribution >= 4 is 22.5 Å². The summed E-state index contributed by atoms with van der Waals surface area (Å²) >= 11 is 6.40. The maximum absolute atomic E-state index is 13.2. The van der Waals surface area contributed by atoms with Gasteiger partial charge in [-0.25, -0.2) is 4.98 Å². The van der Waals surface area contributed by atoms with E-state index in [2.05, 4.69) is 13.8 Å². The van der Waals surface area contributed by atoms with Gasteiger partial charge in [0.1, 0.15) is 11.6 Å². The summed E-state index contributed by atoms with van der Waals surface area (Å²) in [7, 11) is 1.60. The van der Waals surface area contributed by atoms with Gasteiger partial charge in [-0.2, -0.15) is 0 Å². The Morgan fingerprint density at radius 3 is 2.52 bits per heavy atom. The Labute approximate surface area is 152 Å². The summed E-state index contributed by atoms with van der Waals surface area (Å²) in [5.41, 5.74) is 1.33. The van der Waals surface area contributed by atoms with Gasteiger partial charge in [-0.1, -0.05) is 37.6 Å². The van der Waals surface area contributed by atoms with Crippen molar-refractivity contribution in [2.45, 2.75) is 32.7 Å². The van der Waals surface area contributed by atoms with Gasteiger partial charge < -0.3 is 4.74 Å². The lowest BCUT2D eigenvalue weighted by Crippen LogP contribution is -2.27. The number of nitrogens with zero attached hydrogens (tertiary/aromatic N) is 2. The van der Waals surface area contributed by atoms with Gasteiger partial charge in [0.25, 0.3) is 5.56 Å². The minimum Gasteiger partial charge on any atom is -0.497 e. The third-order valence-corrected chi connectivity index (χ3v) is 4.86. The first-order chi connectivity index (χ1) is 12.1. The third-order valence-electron chi connectivity index (χ3n) is 4.53. The van der Waals surface area contributed by atoms with Gasteiger partial charge in [-0.15, -0.1) is 0 Å². The molecule has 0 saturated carbocycles. The van der Waals surface area contributed by atoms with E-state index in [0.29, 0.717) is 27.5 Å². The quantitative estimate of drug-likeness (QED) is 0.639. The van der Waals surface area contributed by atoms with Crippen LogP contribution in [0.2, 0.25) is 5.02 Å². The molecular weight excluding hydrogens is 336 g/mol. The van der Waals surface area contributed by atoms with E-state index in [-0.39, 0.29) is 11.6 Å². The fourth-order valence-corrected chi connectivity index (χ4v) is 3.35. The Hall–Kier alpha value is -2.33. The molecule has 4 nitrogen and oxygen atoms in total. The van der Waals surface area contributed by atoms with Crippen LogP contribution in [0.15, 0.2) is 47.3 Å². The van der Waals surface area contributed by atoms with Crippen LogP contribution in [0.4, 0.5) is 0 Å². The van der Waals surface area contributed by atoms with Crippen LogP contribution in [0.3, 0.4) is 0 Å². The van der Waals surface area contributed by atoms with Crippen LogP contribution in [0.1, 0.15) is 32.7 Å². The molecule has 0 N–H and O–H groups in total. The van der Waals surface area contributed by atoms with Crippen molar-refractivity contribution in [1.82, 2.24) is 9.55 Å². The number of benzene rings is 2. The average Bonchev–Trinajstić information content (AvgIpc) is 2.64. The van der Waals surface area contributed by atoms with Gasteiger partial charge in [0, 0.05) is 17.7 Å². The van der Waals surface area contributed by atoms with Crippen LogP contribution in [0.5, 0.6) is 5.75 Å².